The molecule has 0 fully saturated rings. The molecular weight excluding hydrogens is 479 g/mol. The zero-order chi connectivity index (χ0) is 21.1. The number of aromatic nitrogens is 2. The van der Waals surface area contributed by atoms with Gasteiger partial charge in [-0.3, -0.25) is 9.79 Å². The van der Waals surface area contributed by atoms with Crippen LogP contribution in [0.4, 0.5) is 10.8 Å². The summed E-state index contributed by atoms with van der Waals surface area (Å²) in [6.45, 7) is 1.85. The lowest BCUT2D eigenvalue weighted by Crippen LogP contribution is -2.22. The fourth-order valence-electron chi connectivity index (χ4n) is 2.49. The van der Waals surface area contributed by atoms with Gasteiger partial charge in [0, 0.05) is 23.4 Å². The van der Waals surface area contributed by atoms with Crippen molar-refractivity contribution in [3.8, 4) is 0 Å². The Hall–Kier alpha value is -1.97. The predicted molar refractivity (Wildman–Crippen MR) is 129 cm³/mol. The third-order valence-corrected chi connectivity index (χ3v) is 7.56. The van der Waals surface area contributed by atoms with Crippen molar-refractivity contribution in [3.05, 3.63) is 63.6 Å². The molecule has 2 aromatic heterocycles. The van der Waals surface area contributed by atoms with Crippen molar-refractivity contribution in [1.82, 2.24) is 9.97 Å². The summed E-state index contributed by atoms with van der Waals surface area (Å²) < 4.78 is 1.81. The molecular formula is C20H14Cl2N4OS3. The van der Waals surface area contributed by atoms with E-state index in [1.807, 2.05) is 30.5 Å². The number of carbonyl (C=O) groups excluding carboxylic acids is 1. The third kappa shape index (κ3) is 5.01. The molecule has 1 amide bonds. The number of carbonyl (C=O) groups is 1. The standard InChI is InChI=1S/C20H14Cl2N4OS3/c1-11(18(27)26-19-23-7-8-28-19)29-20-25-16-6-5-12(9-17(16)30-20)24-10-13-14(21)3-2-4-15(13)22/h2-11H,1H3,(H,23,26,27)/t11-/m1/s1. The maximum Gasteiger partial charge on any atom is 0.239 e. The highest BCUT2D eigenvalue weighted by atomic mass is 35.5. The van der Waals surface area contributed by atoms with Crippen LogP contribution in [0.5, 0.6) is 0 Å². The molecule has 152 valence electrons. The van der Waals surface area contributed by atoms with Crippen molar-refractivity contribution in [2.75, 3.05) is 5.32 Å². The van der Waals surface area contributed by atoms with E-state index in [-0.39, 0.29) is 11.2 Å². The highest BCUT2D eigenvalue weighted by Crippen LogP contribution is 2.34. The summed E-state index contributed by atoms with van der Waals surface area (Å²) in [5, 5.41) is 6.03. The maximum atomic E-state index is 12.3. The summed E-state index contributed by atoms with van der Waals surface area (Å²) in [5.41, 5.74) is 2.32. The second kappa shape index (κ2) is 9.45. The summed E-state index contributed by atoms with van der Waals surface area (Å²) in [6.07, 6.45) is 3.32. The Kier molecular flexibility index (Phi) is 6.70. The van der Waals surface area contributed by atoms with Gasteiger partial charge in [-0.25, -0.2) is 9.97 Å². The topological polar surface area (TPSA) is 67.2 Å². The molecule has 0 saturated carbocycles. The normalized spacial score (nSPS) is 12.5. The van der Waals surface area contributed by atoms with E-state index in [0.29, 0.717) is 20.7 Å². The Labute approximate surface area is 195 Å². The minimum atomic E-state index is -0.297. The molecule has 5 nitrogen and oxygen atoms in total. The molecule has 0 aliphatic carbocycles. The van der Waals surface area contributed by atoms with Gasteiger partial charge in [0.15, 0.2) is 9.47 Å². The van der Waals surface area contributed by atoms with Gasteiger partial charge >= 0.3 is 0 Å². The molecule has 4 aromatic rings. The first kappa shape index (κ1) is 21.3. The van der Waals surface area contributed by atoms with E-state index in [2.05, 4.69) is 20.3 Å². The zero-order valence-electron chi connectivity index (χ0n) is 15.5. The first-order chi connectivity index (χ1) is 14.5. The molecule has 1 N–H and O–H groups in total. The molecule has 10 heteroatoms. The van der Waals surface area contributed by atoms with Crippen molar-refractivity contribution in [2.24, 2.45) is 4.99 Å². The van der Waals surface area contributed by atoms with Crippen molar-refractivity contribution in [3.63, 3.8) is 0 Å². The van der Waals surface area contributed by atoms with Crippen molar-refractivity contribution < 1.29 is 4.79 Å². The number of rotatable bonds is 6. The van der Waals surface area contributed by atoms with Gasteiger partial charge < -0.3 is 5.32 Å². The number of thiazole rings is 2. The maximum absolute atomic E-state index is 12.3. The summed E-state index contributed by atoms with van der Waals surface area (Å²) in [5.74, 6) is -0.101. The summed E-state index contributed by atoms with van der Waals surface area (Å²) in [6, 6.07) is 11.1. The Bertz CT molecular complexity index is 1200. The van der Waals surface area contributed by atoms with Crippen LogP contribution in [-0.2, 0) is 4.79 Å². The minimum absolute atomic E-state index is 0.101. The van der Waals surface area contributed by atoms with E-state index >= 15 is 0 Å². The van der Waals surface area contributed by atoms with E-state index in [4.69, 9.17) is 23.2 Å². The van der Waals surface area contributed by atoms with E-state index in [9.17, 15) is 4.79 Å². The van der Waals surface area contributed by atoms with E-state index in [1.54, 1.807) is 30.6 Å². The second-order valence-corrected chi connectivity index (χ2v) is 10.4. The van der Waals surface area contributed by atoms with Crippen LogP contribution in [0.1, 0.15) is 12.5 Å². The van der Waals surface area contributed by atoms with Crippen molar-refractivity contribution >= 4 is 90.8 Å². The SMILES string of the molecule is C[C@@H](Sc1nc2ccc(N=Cc3c(Cl)cccc3Cl)cc2s1)C(=O)Nc1nccs1. The van der Waals surface area contributed by atoms with Gasteiger partial charge in [-0.15, -0.1) is 22.7 Å². The smallest absolute Gasteiger partial charge is 0.239 e. The van der Waals surface area contributed by atoms with Gasteiger partial charge in [-0.2, -0.15) is 0 Å². The average Bonchev–Trinajstić information content (AvgIpc) is 3.36. The highest BCUT2D eigenvalue weighted by Gasteiger charge is 2.18. The van der Waals surface area contributed by atoms with Crippen LogP contribution in [0.2, 0.25) is 10.0 Å². The number of nitrogens with zero attached hydrogens (tertiary/aromatic N) is 3. The van der Waals surface area contributed by atoms with Crippen molar-refractivity contribution in [1.29, 1.82) is 0 Å². The summed E-state index contributed by atoms with van der Waals surface area (Å²) in [4.78, 5) is 25.5. The molecule has 4 rings (SSSR count). The largest absolute Gasteiger partial charge is 0.301 e. The lowest BCUT2D eigenvalue weighted by atomic mass is 10.2. The first-order valence-corrected chi connectivity index (χ1v) is 12.1. The molecule has 0 saturated heterocycles. The lowest BCUT2D eigenvalue weighted by molar-refractivity contribution is -0.115. The number of thioether (sulfide) groups is 1. The molecule has 2 heterocycles. The van der Waals surface area contributed by atoms with E-state index < -0.39 is 0 Å². The third-order valence-electron chi connectivity index (χ3n) is 4.00. The Morgan fingerprint density at radius 3 is 2.80 bits per heavy atom. The van der Waals surface area contributed by atoms with Crippen LogP contribution in [0, 0.1) is 0 Å². The Balaban J connectivity index is 1.48. The predicted octanol–water partition coefficient (Wildman–Crippen LogP) is 6.93. The number of nitrogens with one attached hydrogen (secondary N) is 1. The van der Waals surface area contributed by atoms with Crippen LogP contribution >= 0.6 is 57.6 Å². The zero-order valence-corrected chi connectivity index (χ0v) is 19.5. The van der Waals surface area contributed by atoms with Gasteiger partial charge in [0.25, 0.3) is 0 Å². The molecule has 30 heavy (non-hydrogen) atoms. The fourth-order valence-corrected chi connectivity index (χ4v) is 5.76. The van der Waals surface area contributed by atoms with Crippen LogP contribution in [0.25, 0.3) is 10.2 Å². The molecule has 2 aromatic carbocycles. The van der Waals surface area contributed by atoms with Crippen LogP contribution < -0.4 is 5.32 Å². The summed E-state index contributed by atoms with van der Waals surface area (Å²) >= 11 is 16.7. The van der Waals surface area contributed by atoms with Gasteiger partial charge in [-0.05, 0) is 37.3 Å². The first-order valence-electron chi connectivity index (χ1n) is 8.75. The molecule has 0 unspecified atom stereocenters. The molecule has 0 radical (unpaired) electrons. The number of halogens is 2. The minimum Gasteiger partial charge on any atom is -0.301 e. The number of amides is 1. The molecule has 0 bridgehead atoms. The second-order valence-electron chi connectivity index (χ2n) is 6.11. The Morgan fingerprint density at radius 1 is 1.27 bits per heavy atom. The van der Waals surface area contributed by atoms with Crippen LogP contribution in [0.15, 0.2) is 57.3 Å². The number of hydrogen-bond acceptors (Lipinski definition) is 7. The number of aliphatic imine (C=N–C) groups is 1. The van der Waals surface area contributed by atoms with Gasteiger partial charge in [0.05, 0.1) is 31.2 Å². The van der Waals surface area contributed by atoms with Gasteiger partial charge in [0.2, 0.25) is 5.91 Å². The lowest BCUT2D eigenvalue weighted by Gasteiger charge is -2.07. The van der Waals surface area contributed by atoms with E-state index in [1.165, 1.54) is 34.4 Å². The van der Waals surface area contributed by atoms with Crippen LogP contribution in [0.3, 0.4) is 0 Å². The molecule has 0 spiro atoms. The van der Waals surface area contributed by atoms with Crippen molar-refractivity contribution in [2.45, 2.75) is 16.5 Å². The summed E-state index contributed by atoms with van der Waals surface area (Å²) in [7, 11) is 0. The highest BCUT2D eigenvalue weighted by molar-refractivity contribution is 8.02. The number of benzene rings is 2. The monoisotopic (exact) mass is 492 g/mol. The van der Waals surface area contributed by atoms with Gasteiger partial charge in [0.1, 0.15) is 0 Å². The fraction of sp³-hybridized carbons (Fsp3) is 0.100. The molecule has 0 aliphatic rings. The Morgan fingerprint density at radius 2 is 2.07 bits per heavy atom. The van der Waals surface area contributed by atoms with Gasteiger partial charge in [-0.1, -0.05) is 41.0 Å². The number of hydrogen-bond donors (Lipinski definition) is 1. The average molecular weight is 493 g/mol. The number of fused-ring (bicyclic) bond motifs is 1. The van der Waals surface area contributed by atoms with Crippen LogP contribution in [-0.4, -0.2) is 27.3 Å². The van der Waals surface area contributed by atoms with E-state index in [0.717, 1.165) is 20.2 Å². The quantitative estimate of drug-likeness (QED) is 0.234. The molecule has 1 atom stereocenters. The number of anilines is 1. The molecule has 0 aliphatic heterocycles.